The first-order valence-electron chi connectivity index (χ1n) is 6.23. The topological polar surface area (TPSA) is 83.5 Å². The van der Waals surface area contributed by atoms with Crippen LogP contribution in [0, 0.1) is 6.92 Å². The molecule has 0 aliphatic rings. The van der Waals surface area contributed by atoms with Gasteiger partial charge in [-0.25, -0.2) is 9.78 Å². The molecule has 0 aliphatic carbocycles. The maximum atomic E-state index is 11.4. The standard InChI is InChI=1S/C13H21N3O3/c1-9(17)8-14-6-7-15-12-5-4-11(10(2)16-12)13(18)19-3/h4-5,9,14,17H,6-8H2,1-3H3,(H,15,16). The average molecular weight is 267 g/mol. The van der Waals surface area contributed by atoms with Gasteiger partial charge in [0.15, 0.2) is 0 Å². The van der Waals surface area contributed by atoms with Crippen LogP contribution >= 0.6 is 0 Å². The number of anilines is 1. The highest BCUT2D eigenvalue weighted by Crippen LogP contribution is 2.11. The predicted octanol–water partition coefficient (Wildman–Crippen LogP) is 0.559. The summed E-state index contributed by atoms with van der Waals surface area (Å²) in [5, 5.41) is 15.3. The van der Waals surface area contributed by atoms with Gasteiger partial charge in [-0.05, 0) is 26.0 Å². The largest absolute Gasteiger partial charge is 0.465 e. The molecule has 3 N–H and O–H groups in total. The first-order valence-corrected chi connectivity index (χ1v) is 6.23. The van der Waals surface area contributed by atoms with E-state index >= 15 is 0 Å². The molecule has 19 heavy (non-hydrogen) atoms. The van der Waals surface area contributed by atoms with Crippen LogP contribution in [0.1, 0.15) is 23.0 Å². The molecule has 0 saturated carbocycles. The number of aliphatic hydroxyl groups excluding tert-OH is 1. The number of esters is 1. The summed E-state index contributed by atoms with van der Waals surface area (Å²) in [6.07, 6.45) is -0.347. The summed E-state index contributed by atoms with van der Waals surface area (Å²) in [6.45, 7) is 5.48. The summed E-state index contributed by atoms with van der Waals surface area (Å²) in [5.41, 5.74) is 1.11. The molecule has 0 radical (unpaired) electrons. The summed E-state index contributed by atoms with van der Waals surface area (Å²) in [4.78, 5) is 15.7. The highest BCUT2D eigenvalue weighted by atomic mass is 16.5. The first kappa shape index (κ1) is 15.4. The zero-order chi connectivity index (χ0) is 14.3. The smallest absolute Gasteiger partial charge is 0.339 e. The van der Waals surface area contributed by atoms with Crippen molar-refractivity contribution in [3.63, 3.8) is 0 Å². The van der Waals surface area contributed by atoms with Crippen LogP contribution in [0.5, 0.6) is 0 Å². The van der Waals surface area contributed by atoms with E-state index < -0.39 is 0 Å². The highest BCUT2D eigenvalue weighted by Gasteiger charge is 2.10. The molecule has 0 spiro atoms. The number of pyridine rings is 1. The number of aliphatic hydroxyl groups is 1. The Morgan fingerprint density at radius 1 is 1.47 bits per heavy atom. The van der Waals surface area contributed by atoms with E-state index in [-0.39, 0.29) is 12.1 Å². The van der Waals surface area contributed by atoms with Gasteiger partial charge in [-0.1, -0.05) is 0 Å². The van der Waals surface area contributed by atoms with E-state index in [9.17, 15) is 4.79 Å². The zero-order valence-electron chi connectivity index (χ0n) is 11.6. The molecular weight excluding hydrogens is 246 g/mol. The van der Waals surface area contributed by atoms with Crippen LogP contribution in [0.3, 0.4) is 0 Å². The predicted molar refractivity (Wildman–Crippen MR) is 73.4 cm³/mol. The van der Waals surface area contributed by atoms with Gasteiger partial charge >= 0.3 is 5.97 Å². The fourth-order valence-electron chi connectivity index (χ4n) is 1.58. The second-order valence-corrected chi connectivity index (χ2v) is 4.30. The van der Waals surface area contributed by atoms with Gasteiger partial charge in [0.05, 0.1) is 24.5 Å². The van der Waals surface area contributed by atoms with E-state index in [0.717, 1.165) is 6.54 Å². The average Bonchev–Trinajstić information content (AvgIpc) is 2.37. The molecule has 0 saturated heterocycles. The number of hydrogen-bond acceptors (Lipinski definition) is 6. The summed E-state index contributed by atoms with van der Waals surface area (Å²) < 4.78 is 4.66. The SMILES string of the molecule is COC(=O)c1ccc(NCCNCC(C)O)nc1C. The lowest BCUT2D eigenvalue weighted by molar-refractivity contribution is 0.0599. The minimum Gasteiger partial charge on any atom is -0.465 e. The molecule has 0 fully saturated rings. The van der Waals surface area contributed by atoms with Gasteiger partial charge in [-0.2, -0.15) is 0 Å². The van der Waals surface area contributed by atoms with Crippen molar-refractivity contribution < 1.29 is 14.6 Å². The number of carbonyl (C=O) groups excluding carboxylic acids is 1. The second-order valence-electron chi connectivity index (χ2n) is 4.30. The molecule has 1 unspecified atom stereocenters. The lowest BCUT2D eigenvalue weighted by Gasteiger charge is -2.10. The molecule has 1 heterocycles. The molecule has 0 bridgehead atoms. The molecule has 1 aromatic heterocycles. The van der Waals surface area contributed by atoms with E-state index in [1.54, 1.807) is 26.0 Å². The van der Waals surface area contributed by atoms with Crippen molar-refractivity contribution in [2.75, 3.05) is 32.1 Å². The van der Waals surface area contributed by atoms with Gasteiger partial charge in [-0.3, -0.25) is 0 Å². The molecular formula is C13H21N3O3. The number of ether oxygens (including phenoxy) is 1. The van der Waals surface area contributed by atoms with Crippen molar-refractivity contribution in [3.8, 4) is 0 Å². The normalized spacial score (nSPS) is 12.0. The fourth-order valence-corrected chi connectivity index (χ4v) is 1.58. The highest BCUT2D eigenvalue weighted by molar-refractivity contribution is 5.90. The maximum absolute atomic E-state index is 11.4. The third-order valence-electron chi connectivity index (χ3n) is 2.54. The summed E-state index contributed by atoms with van der Waals surface area (Å²) >= 11 is 0. The quantitative estimate of drug-likeness (QED) is 0.494. The molecule has 6 nitrogen and oxygen atoms in total. The van der Waals surface area contributed by atoms with Crippen LogP contribution in [0.15, 0.2) is 12.1 Å². The minimum absolute atomic E-state index is 0.347. The summed E-state index contributed by atoms with van der Waals surface area (Å²) in [7, 11) is 1.35. The van der Waals surface area contributed by atoms with Crippen molar-refractivity contribution in [1.82, 2.24) is 10.3 Å². The molecule has 6 heteroatoms. The third kappa shape index (κ3) is 5.23. The monoisotopic (exact) mass is 267 g/mol. The van der Waals surface area contributed by atoms with Crippen molar-refractivity contribution in [2.24, 2.45) is 0 Å². The zero-order valence-corrected chi connectivity index (χ0v) is 11.6. The van der Waals surface area contributed by atoms with Gasteiger partial charge in [0.2, 0.25) is 0 Å². The minimum atomic E-state index is -0.379. The van der Waals surface area contributed by atoms with Crippen LogP contribution < -0.4 is 10.6 Å². The van der Waals surface area contributed by atoms with Crippen molar-refractivity contribution in [1.29, 1.82) is 0 Å². The van der Waals surface area contributed by atoms with Gasteiger partial charge in [0.25, 0.3) is 0 Å². The third-order valence-corrected chi connectivity index (χ3v) is 2.54. The Bertz CT molecular complexity index is 422. The van der Waals surface area contributed by atoms with E-state index in [2.05, 4.69) is 20.4 Å². The van der Waals surface area contributed by atoms with E-state index in [1.807, 2.05) is 0 Å². The van der Waals surface area contributed by atoms with Crippen LogP contribution in [0.25, 0.3) is 0 Å². The Morgan fingerprint density at radius 2 is 2.21 bits per heavy atom. The van der Waals surface area contributed by atoms with Crippen LogP contribution in [-0.4, -0.2) is 48.9 Å². The van der Waals surface area contributed by atoms with E-state index in [4.69, 9.17) is 5.11 Å². The number of hydrogen-bond donors (Lipinski definition) is 3. The number of nitrogens with zero attached hydrogens (tertiary/aromatic N) is 1. The second kappa shape index (κ2) is 7.70. The Labute approximate surface area is 113 Å². The van der Waals surface area contributed by atoms with Gasteiger partial charge in [0, 0.05) is 19.6 Å². The summed E-state index contributed by atoms with van der Waals surface area (Å²) in [6, 6.07) is 3.44. The summed E-state index contributed by atoms with van der Waals surface area (Å²) in [5.74, 6) is 0.333. The molecule has 0 aliphatic heterocycles. The molecule has 0 amide bonds. The fraction of sp³-hybridized carbons (Fsp3) is 0.538. The molecule has 1 rings (SSSR count). The van der Waals surface area contributed by atoms with Crippen molar-refractivity contribution in [2.45, 2.75) is 20.0 Å². The molecule has 1 atom stereocenters. The first-order chi connectivity index (χ1) is 9.04. The Hall–Kier alpha value is -1.66. The number of carbonyl (C=O) groups is 1. The molecule has 0 aromatic carbocycles. The number of nitrogens with one attached hydrogen (secondary N) is 2. The van der Waals surface area contributed by atoms with Gasteiger partial charge in [-0.15, -0.1) is 0 Å². The van der Waals surface area contributed by atoms with Crippen LogP contribution in [0.4, 0.5) is 5.82 Å². The van der Waals surface area contributed by atoms with Crippen molar-refractivity contribution in [3.05, 3.63) is 23.4 Å². The van der Waals surface area contributed by atoms with Gasteiger partial charge in [0.1, 0.15) is 5.82 Å². The number of aryl methyl sites for hydroxylation is 1. The Kier molecular flexibility index (Phi) is 6.24. The molecule has 1 aromatic rings. The number of rotatable bonds is 7. The maximum Gasteiger partial charge on any atom is 0.339 e. The Balaban J connectivity index is 2.43. The van der Waals surface area contributed by atoms with Crippen LogP contribution in [-0.2, 0) is 4.74 Å². The lowest BCUT2D eigenvalue weighted by Crippen LogP contribution is -2.29. The lowest BCUT2D eigenvalue weighted by atomic mass is 10.2. The number of methoxy groups -OCH3 is 1. The van der Waals surface area contributed by atoms with E-state index in [1.165, 1.54) is 7.11 Å². The number of aromatic nitrogens is 1. The molecule has 106 valence electrons. The van der Waals surface area contributed by atoms with Gasteiger partial charge < -0.3 is 20.5 Å². The van der Waals surface area contributed by atoms with Crippen molar-refractivity contribution >= 4 is 11.8 Å². The van der Waals surface area contributed by atoms with E-state index in [0.29, 0.717) is 30.2 Å². The Morgan fingerprint density at radius 3 is 2.79 bits per heavy atom. The van der Waals surface area contributed by atoms with Crippen LogP contribution in [0.2, 0.25) is 0 Å².